The van der Waals surface area contributed by atoms with Crippen LogP contribution < -0.4 is 5.73 Å². The van der Waals surface area contributed by atoms with Gasteiger partial charge in [-0.15, -0.1) is 0 Å². The van der Waals surface area contributed by atoms with Gasteiger partial charge in [-0.3, -0.25) is 14.4 Å². The molecule has 0 saturated heterocycles. The molecule has 7 unspecified atom stereocenters. The van der Waals surface area contributed by atoms with Crippen LogP contribution in [0.3, 0.4) is 0 Å². The largest absolute Gasteiger partial charge is 0.369 e. The van der Waals surface area contributed by atoms with E-state index in [-0.39, 0.29) is 57.5 Å². The molecule has 5 aliphatic rings. The number of amides is 1. The third-order valence-electron chi connectivity index (χ3n) is 10.8. The van der Waals surface area contributed by atoms with Crippen LogP contribution in [0.15, 0.2) is 23.3 Å². The second-order valence-corrected chi connectivity index (χ2v) is 12.9. The Balaban J connectivity index is 1.64. The predicted molar refractivity (Wildman–Crippen MR) is 124 cm³/mol. The lowest BCUT2D eigenvalue weighted by Crippen LogP contribution is -2.61. The number of primary amides is 1. The minimum absolute atomic E-state index is 0.0108. The number of carbonyl (C=O) groups is 3. The van der Waals surface area contributed by atoms with Crippen LogP contribution in [0, 0.1) is 56.7 Å². The third kappa shape index (κ3) is 2.92. The number of carbonyl (C=O) groups excluding carboxylic acids is 3. The first-order chi connectivity index (χ1) is 15.4. The summed E-state index contributed by atoms with van der Waals surface area (Å²) >= 11 is 0. The first-order valence-corrected chi connectivity index (χ1v) is 12.6. The van der Waals surface area contributed by atoms with Crippen molar-refractivity contribution in [1.82, 2.24) is 0 Å². The maximum Gasteiger partial charge on any atom is 0.223 e. The molecule has 0 heterocycles. The highest BCUT2D eigenvalue weighted by Crippen LogP contribution is 2.68. The molecule has 5 nitrogen and oxygen atoms in total. The fraction of sp³-hybridized carbons (Fsp3) is 0.714. The molecule has 0 aromatic rings. The van der Waals surface area contributed by atoms with Crippen LogP contribution in [0.1, 0.15) is 79.1 Å². The van der Waals surface area contributed by atoms with Gasteiger partial charge in [0.2, 0.25) is 5.91 Å². The number of hydrogen-bond donors (Lipinski definition) is 1. The Kier molecular flexibility index (Phi) is 4.72. The smallest absolute Gasteiger partial charge is 0.223 e. The quantitative estimate of drug-likeness (QED) is 0.630. The molecule has 5 rings (SSSR count). The molecule has 3 fully saturated rings. The Labute approximate surface area is 196 Å². The summed E-state index contributed by atoms with van der Waals surface area (Å²) in [6.07, 6.45) is 10.2. The normalized spacial score (nSPS) is 45.9. The SMILES string of the molecule is CC1(C)CCC2(C(N)=O)CCC3C(C(=O)C=C4C5(C)C=C(C#N)C(=O)CC5CCC43C)C2C1. The van der Waals surface area contributed by atoms with Gasteiger partial charge in [-0.2, -0.15) is 5.26 Å². The molecule has 3 saturated carbocycles. The van der Waals surface area contributed by atoms with Gasteiger partial charge in [0.15, 0.2) is 11.6 Å². The highest BCUT2D eigenvalue weighted by molar-refractivity contribution is 6.01. The molecule has 0 aromatic carbocycles. The third-order valence-corrected chi connectivity index (χ3v) is 10.8. The van der Waals surface area contributed by atoms with Crippen LogP contribution >= 0.6 is 0 Å². The van der Waals surface area contributed by atoms with E-state index < -0.39 is 10.8 Å². The second-order valence-electron chi connectivity index (χ2n) is 12.9. The molecule has 1 amide bonds. The van der Waals surface area contributed by atoms with Gasteiger partial charge in [0.05, 0.1) is 11.0 Å². The second kappa shape index (κ2) is 6.90. The zero-order chi connectivity index (χ0) is 24.0. The average Bonchev–Trinajstić information content (AvgIpc) is 2.74. The maximum absolute atomic E-state index is 13.9. The molecule has 0 aliphatic heterocycles. The van der Waals surface area contributed by atoms with Gasteiger partial charge < -0.3 is 5.73 Å². The summed E-state index contributed by atoms with van der Waals surface area (Å²) in [4.78, 5) is 39.2. The van der Waals surface area contributed by atoms with Crippen molar-refractivity contribution in [2.45, 2.75) is 79.1 Å². The van der Waals surface area contributed by atoms with Gasteiger partial charge in [-0.25, -0.2) is 0 Å². The molecule has 0 radical (unpaired) electrons. The van der Waals surface area contributed by atoms with Crippen LogP contribution in [0.4, 0.5) is 0 Å². The summed E-state index contributed by atoms with van der Waals surface area (Å²) in [7, 11) is 0. The summed E-state index contributed by atoms with van der Waals surface area (Å²) < 4.78 is 0. The Hall–Kier alpha value is -2.22. The number of allylic oxidation sites excluding steroid dienone is 4. The zero-order valence-electron chi connectivity index (χ0n) is 20.4. The average molecular weight is 449 g/mol. The number of hydrogen-bond acceptors (Lipinski definition) is 4. The van der Waals surface area contributed by atoms with E-state index in [2.05, 4.69) is 33.8 Å². The van der Waals surface area contributed by atoms with E-state index in [0.717, 1.165) is 50.5 Å². The van der Waals surface area contributed by atoms with Crippen molar-refractivity contribution in [2.24, 2.45) is 51.1 Å². The highest BCUT2D eigenvalue weighted by atomic mass is 16.1. The molecule has 176 valence electrons. The standard InChI is InChI=1S/C28H36N2O3/c1-25(2)9-10-28(24(30)33)8-6-18-23(19(28)14-25)21(32)12-22-26(18,3)7-5-17-11-20(31)16(15-29)13-27(17,22)4/h12-13,17-19,23H,5-11,14H2,1-4H3,(H2,30,33). The summed E-state index contributed by atoms with van der Waals surface area (Å²) in [6, 6.07) is 2.10. The van der Waals surface area contributed by atoms with Crippen molar-refractivity contribution in [3.8, 4) is 6.07 Å². The van der Waals surface area contributed by atoms with Gasteiger partial charge in [0.1, 0.15) is 6.07 Å². The van der Waals surface area contributed by atoms with Crippen LogP contribution in [0.2, 0.25) is 0 Å². The Morgan fingerprint density at radius 3 is 2.45 bits per heavy atom. The van der Waals surface area contributed by atoms with Crippen LogP contribution in [0.25, 0.3) is 0 Å². The monoisotopic (exact) mass is 448 g/mol. The molecule has 2 N–H and O–H groups in total. The molecule has 0 bridgehead atoms. The van der Waals surface area contributed by atoms with Crippen LogP contribution in [-0.2, 0) is 14.4 Å². The van der Waals surface area contributed by atoms with Crippen molar-refractivity contribution in [3.05, 3.63) is 23.3 Å². The van der Waals surface area contributed by atoms with Crippen molar-refractivity contribution < 1.29 is 14.4 Å². The van der Waals surface area contributed by atoms with E-state index in [9.17, 15) is 19.6 Å². The number of nitrogens with two attached hydrogens (primary N) is 1. The summed E-state index contributed by atoms with van der Waals surface area (Å²) in [5.41, 5.74) is 6.30. The van der Waals surface area contributed by atoms with Crippen LogP contribution in [0.5, 0.6) is 0 Å². The molecule has 5 aliphatic carbocycles. The Morgan fingerprint density at radius 1 is 1.06 bits per heavy atom. The number of rotatable bonds is 1. The first kappa shape index (κ1) is 22.6. The number of nitriles is 1. The van der Waals surface area contributed by atoms with E-state index in [1.807, 2.05) is 12.2 Å². The van der Waals surface area contributed by atoms with E-state index >= 15 is 0 Å². The number of Topliss-reactive ketones (excluding diaryl/α,β-unsaturated/α-hetero) is 1. The van der Waals surface area contributed by atoms with Crippen molar-refractivity contribution >= 4 is 17.5 Å². The molecule has 0 spiro atoms. The highest BCUT2D eigenvalue weighted by Gasteiger charge is 2.65. The fourth-order valence-corrected chi connectivity index (χ4v) is 8.84. The van der Waals surface area contributed by atoms with Gasteiger partial charge in [-0.1, -0.05) is 39.3 Å². The Bertz CT molecular complexity index is 1060. The molecule has 0 aromatic heterocycles. The molecule has 33 heavy (non-hydrogen) atoms. The van der Waals surface area contributed by atoms with E-state index in [1.54, 1.807) is 0 Å². The molecular formula is C28H36N2O3. The topological polar surface area (TPSA) is 101 Å². The minimum atomic E-state index is -0.569. The van der Waals surface area contributed by atoms with Gasteiger partial charge in [-0.05, 0) is 79.6 Å². The summed E-state index contributed by atoms with van der Waals surface area (Å²) in [6.45, 7) is 8.92. The summed E-state index contributed by atoms with van der Waals surface area (Å²) in [5, 5.41) is 9.56. The lowest BCUT2D eigenvalue weighted by molar-refractivity contribution is -0.158. The fourth-order valence-electron chi connectivity index (χ4n) is 8.84. The lowest BCUT2D eigenvalue weighted by atomic mass is 9.40. The number of fused-ring (bicyclic) bond motifs is 7. The molecule has 5 heteroatoms. The zero-order valence-corrected chi connectivity index (χ0v) is 20.4. The van der Waals surface area contributed by atoms with Crippen LogP contribution in [-0.4, -0.2) is 17.5 Å². The van der Waals surface area contributed by atoms with Gasteiger partial charge >= 0.3 is 0 Å². The van der Waals surface area contributed by atoms with Gasteiger partial charge in [0, 0.05) is 17.8 Å². The predicted octanol–water partition coefficient (Wildman–Crippen LogP) is 4.67. The minimum Gasteiger partial charge on any atom is -0.369 e. The maximum atomic E-state index is 13.9. The Morgan fingerprint density at radius 2 is 1.79 bits per heavy atom. The van der Waals surface area contributed by atoms with Gasteiger partial charge in [0.25, 0.3) is 0 Å². The van der Waals surface area contributed by atoms with E-state index in [1.165, 1.54) is 0 Å². The lowest BCUT2D eigenvalue weighted by Gasteiger charge is -2.63. The van der Waals surface area contributed by atoms with E-state index in [4.69, 9.17) is 5.73 Å². The summed E-state index contributed by atoms with van der Waals surface area (Å²) in [5.74, 6) is -0.0491. The number of ketones is 2. The van der Waals surface area contributed by atoms with Crippen molar-refractivity contribution in [1.29, 1.82) is 5.26 Å². The number of nitrogens with zero attached hydrogens (tertiary/aromatic N) is 1. The van der Waals surface area contributed by atoms with Crippen molar-refractivity contribution in [3.63, 3.8) is 0 Å². The molecule has 7 atom stereocenters. The first-order valence-electron chi connectivity index (χ1n) is 12.6. The molecular weight excluding hydrogens is 412 g/mol. The van der Waals surface area contributed by atoms with Crippen molar-refractivity contribution in [2.75, 3.05) is 0 Å². The van der Waals surface area contributed by atoms with E-state index in [0.29, 0.717) is 6.42 Å².